The van der Waals surface area contributed by atoms with Crippen LogP contribution < -0.4 is 0 Å². The number of hydrogen-bond acceptors (Lipinski definition) is 3. The highest BCUT2D eigenvalue weighted by atomic mass is 15.4. The Bertz CT molecular complexity index is 409. The lowest BCUT2D eigenvalue weighted by atomic mass is 10.0. The highest BCUT2D eigenvalue weighted by Gasteiger charge is 2.43. The van der Waals surface area contributed by atoms with E-state index in [0.717, 1.165) is 43.9 Å². The van der Waals surface area contributed by atoms with Gasteiger partial charge in [0, 0.05) is 31.2 Å². The summed E-state index contributed by atoms with van der Waals surface area (Å²) in [5, 5.41) is 13.3. The van der Waals surface area contributed by atoms with Crippen molar-refractivity contribution in [3.8, 4) is 6.07 Å². The molecule has 0 amide bonds. The van der Waals surface area contributed by atoms with Crippen molar-refractivity contribution in [3.63, 3.8) is 0 Å². The second-order valence-corrected chi connectivity index (χ2v) is 4.64. The van der Waals surface area contributed by atoms with E-state index in [1.807, 2.05) is 4.68 Å². The van der Waals surface area contributed by atoms with Crippen molar-refractivity contribution in [2.75, 3.05) is 0 Å². The number of aryl methyl sites for hydroxylation is 2. The molecule has 0 aromatic carbocycles. The zero-order chi connectivity index (χ0) is 11.6. The third-order valence-corrected chi connectivity index (χ3v) is 3.32. The fourth-order valence-electron chi connectivity index (χ4n) is 2.02. The average molecular weight is 218 g/mol. The standard InChI is InChI=1S/C12H18N4/c1-3-10-14-11(4-2)16(15-10)9-12(5-6-12)7-8-13/h3-7,9H2,1-2H3. The molecule has 1 saturated carbocycles. The van der Waals surface area contributed by atoms with E-state index in [2.05, 4.69) is 30.0 Å². The van der Waals surface area contributed by atoms with E-state index in [-0.39, 0.29) is 5.41 Å². The molecule has 16 heavy (non-hydrogen) atoms. The van der Waals surface area contributed by atoms with E-state index in [4.69, 9.17) is 5.26 Å². The maximum absolute atomic E-state index is 8.80. The van der Waals surface area contributed by atoms with Gasteiger partial charge in [0.05, 0.1) is 6.07 Å². The van der Waals surface area contributed by atoms with Gasteiger partial charge in [0.25, 0.3) is 0 Å². The Morgan fingerprint density at radius 2 is 2.12 bits per heavy atom. The number of rotatable bonds is 5. The van der Waals surface area contributed by atoms with Crippen molar-refractivity contribution in [2.45, 2.75) is 52.5 Å². The van der Waals surface area contributed by atoms with Gasteiger partial charge in [-0.2, -0.15) is 10.4 Å². The largest absolute Gasteiger partial charge is 0.249 e. The van der Waals surface area contributed by atoms with Crippen LogP contribution in [0.2, 0.25) is 0 Å². The summed E-state index contributed by atoms with van der Waals surface area (Å²) in [6.07, 6.45) is 4.76. The third kappa shape index (κ3) is 2.08. The highest BCUT2D eigenvalue weighted by molar-refractivity contribution is 5.02. The lowest BCUT2D eigenvalue weighted by Crippen LogP contribution is -2.15. The molecule has 1 aromatic rings. The number of nitrogens with zero attached hydrogens (tertiary/aromatic N) is 4. The van der Waals surface area contributed by atoms with Crippen LogP contribution in [0.15, 0.2) is 0 Å². The first-order valence-corrected chi connectivity index (χ1v) is 6.02. The Balaban J connectivity index is 2.14. The van der Waals surface area contributed by atoms with Gasteiger partial charge in [-0.25, -0.2) is 9.67 Å². The normalized spacial score (nSPS) is 17.1. The predicted molar refractivity (Wildman–Crippen MR) is 60.7 cm³/mol. The van der Waals surface area contributed by atoms with Gasteiger partial charge in [-0.3, -0.25) is 0 Å². The van der Waals surface area contributed by atoms with Gasteiger partial charge in [-0.1, -0.05) is 13.8 Å². The molecule has 0 radical (unpaired) electrons. The molecule has 4 nitrogen and oxygen atoms in total. The van der Waals surface area contributed by atoms with Gasteiger partial charge < -0.3 is 0 Å². The Kier molecular flexibility index (Phi) is 2.95. The lowest BCUT2D eigenvalue weighted by molar-refractivity contribution is 0.393. The first kappa shape index (κ1) is 11.1. The molecule has 0 saturated heterocycles. The van der Waals surface area contributed by atoms with Gasteiger partial charge in [0.1, 0.15) is 5.82 Å². The Morgan fingerprint density at radius 1 is 1.38 bits per heavy atom. The van der Waals surface area contributed by atoms with Crippen LogP contribution >= 0.6 is 0 Å². The molecule has 1 fully saturated rings. The minimum Gasteiger partial charge on any atom is -0.249 e. The molecule has 4 heteroatoms. The van der Waals surface area contributed by atoms with Gasteiger partial charge in [0.2, 0.25) is 0 Å². The topological polar surface area (TPSA) is 54.5 Å². The lowest BCUT2D eigenvalue weighted by Gasteiger charge is -2.11. The molecule has 0 aliphatic heterocycles. The molecule has 1 aliphatic carbocycles. The molecule has 1 heterocycles. The quantitative estimate of drug-likeness (QED) is 0.760. The monoisotopic (exact) mass is 218 g/mol. The van der Waals surface area contributed by atoms with Gasteiger partial charge in [0.15, 0.2) is 5.82 Å². The van der Waals surface area contributed by atoms with Crippen LogP contribution in [0.4, 0.5) is 0 Å². The van der Waals surface area contributed by atoms with Crippen LogP contribution in [0, 0.1) is 16.7 Å². The maximum atomic E-state index is 8.80. The smallest absolute Gasteiger partial charge is 0.150 e. The maximum Gasteiger partial charge on any atom is 0.150 e. The van der Waals surface area contributed by atoms with Crippen molar-refractivity contribution in [3.05, 3.63) is 11.6 Å². The van der Waals surface area contributed by atoms with E-state index < -0.39 is 0 Å². The van der Waals surface area contributed by atoms with Crippen molar-refractivity contribution >= 4 is 0 Å². The molecule has 0 N–H and O–H groups in total. The summed E-state index contributed by atoms with van der Waals surface area (Å²) in [5.41, 5.74) is 0.206. The van der Waals surface area contributed by atoms with E-state index >= 15 is 0 Å². The third-order valence-electron chi connectivity index (χ3n) is 3.32. The molecule has 1 aromatic heterocycles. The fraction of sp³-hybridized carbons (Fsp3) is 0.750. The van der Waals surface area contributed by atoms with E-state index in [9.17, 15) is 0 Å². The highest BCUT2D eigenvalue weighted by Crippen LogP contribution is 2.49. The summed E-state index contributed by atoms with van der Waals surface area (Å²) in [6, 6.07) is 2.29. The Hall–Kier alpha value is -1.37. The zero-order valence-electron chi connectivity index (χ0n) is 10.0. The number of aromatic nitrogens is 3. The van der Waals surface area contributed by atoms with Crippen LogP contribution in [0.25, 0.3) is 0 Å². The van der Waals surface area contributed by atoms with Crippen molar-refractivity contribution in [1.29, 1.82) is 5.26 Å². The summed E-state index contributed by atoms with van der Waals surface area (Å²) in [7, 11) is 0. The van der Waals surface area contributed by atoms with E-state index in [1.54, 1.807) is 0 Å². The number of hydrogen-bond donors (Lipinski definition) is 0. The van der Waals surface area contributed by atoms with Crippen molar-refractivity contribution < 1.29 is 0 Å². The molecule has 0 bridgehead atoms. The average Bonchev–Trinajstić information content (AvgIpc) is 2.92. The summed E-state index contributed by atoms with van der Waals surface area (Å²) < 4.78 is 2.02. The van der Waals surface area contributed by atoms with Crippen LogP contribution in [0.1, 0.15) is 44.8 Å². The first-order valence-electron chi connectivity index (χ1n) is 6.02. The Labute approximate surface area is 96.3 Å². The molecule has 2 rings (SSSR count). The van der Waals surface area contributed by atoms with Crippen LogP contribution in [0.3, 0.4) is 0 Å². The number of nitriles is 1. The van der Waals surface area contributed by atoms with Gasteiger partial charge in [-0.05, 0) is 12.8 Å². The van der Waals surface area contributed by atoms with Crippen molar-refractivity contribution in [1.82, 2.24) is 14.8 Å². The molecule has 0 spiro atoms. The minimum absolute atomic E-state index is 0.206. The Morgan fingerprint density at radius 3 is 2.62 bits per heavy atom. The van der Waals surface area contributed by atoms with Crippen LogP contribution in [-0.4, -0.2) is 14.8 Å². The molecule has 0 atom stereocenters. The second-order valence-electron chi connectivity index (χ2n) is 4.64. The minimum atomic E-state index is 0.206. The van der Waals surface area contributed by atoms with E-state index in [0.29, 0.717) is 6.42 Å². The molecule has 86 valence electrons. The molecule has 0 unspecified atom stereocenters. The molecular weight excluding hydrogens is 200 g/mol. The second kappa shape index (κ2) is 4.25. The molecule has 1 aliphatic rings. The van der Waals surface area contributed by atoms with Crippen LogP contribution in [-0.2, 0) is 19.4 Å². The summed E-state index contributed by atoms with van der Waals surface area (Å²) in [4.78, 5) is 4.49. The first-order chi connectivity index (χ1) is 7.73. The van der Waals surface area contributed by atoms with Crippen molar-refractivity contribution in [2.24, 2.45) is 5.41 Å². The summed E-state index contributed by atoms with van der Waals surface area (Å²) in [5.74, 6) is 1.98. The van der Waals surface area contributed by atoms with E-state index in [1.165, 1.54) is 0 Å². The van der Waals surface area contributed by atoms with Crippen LogP contribution in [0.5, 0.6) is 0 Å². The van der Waals surface area contributed by atoms with Gasteiger partial charge >= 0.3 is 0 Å². The predicted octanol–water partition coefficient (Wildman–Crippen LogP) is 2.10. The summed E-state index contributed by atoms with van der Waals surface area (Å²) in [6.45, 7) is 5.04. The zero-order valence-corrected chi connectivity index (χ0v) is 10.0. The SMILES string of the molecule is CCc1nc(CC)n(CC2(CC#N)CC2)n1. The summed E-state index contributed by atoms with van der Waals surface area (Å²) >= 11 is 0. The molecular formula is C12H18N4. The fourth-order valence-corrected chi connectivity index (χ4v) is 2.02. The van der Waals surface area contributed by atoms with Gasteiger partial charge in [-0.15, -0.1) is 0 Å².